The zero-order valence-corrected chi connectivity index (χ0v) is 9.01. The Labute approximate surface area is 96.4 Å². The van der Waals surface area contributed by atoms with Crippen molar-refractivity contribution in [2.24, 2.45) is 0 Å². The van der Waals surface area contributed by atoms with E-state index in [1.54, 1.807) is 12.1 Å². The van der Waals surface area contributed by atoms with Crippen molar-refractivity contribution in [3.63, 3.8) is 0 Å². The van der Waals surface area contributed by atoms with Gasteiger partial charge in [-0.25, -0.2) is 0 Å². The fourth-order valence-corrected chi connectivity index (χ4v) is 1.76. The highest BCUT2D eigenvalue weighted by atomic mass is 19.4. The number of fused-ring (bicyclic) bond motifs is 1. The predicted molar refractivity (Wildman–Crippen MR) is 55.3 cm³/mol. The third-order valence-corrected chi connectivity index (χ3v) is 2.65. The number of carbonyl (C=O) groups excluding carboxylic acids is 1. The van der Waals surface area contributed by atoms with Crippen LogP contribution >= 0.6 is 0 Å². The number of Topliss-reactive ketones (excluding diaryl/α,β-unsaturated/α-hetero) is 1. The van der Waals surface area contributed by atoms with Gasteiger partial charge in [0.2, 0.25) is 0 Å². The lowest BCUT2D eigenvalue weighted by Crippen LogP contribution is -2.11. The van der Waals surface area contributed by atoms with Gasteiger partial charge < -0.3 is 4.74 Å². The molecule has 1 aromatic rings. The number of ketones is 1. The van der Waals surface area contributed by atoms with Crippen LogP contribution in [0.15, 0.2) is 18.2 Å². The van der Waals surface area contributed by atoms with E-state index in [-0.39, 0.29) is 0 Å². The molecule has 5 heteroatoms. The quantitative estimate of drug-likeness (QED) is 0.763. The average Bonchev–Trinajstić information content (AvgIpc) is 2.71. The van der Waals surface area contributed by atoms with Crippen LogP contribution in [0.5, 0.6) is 5.75 Å². The average molecular weight is 244 g/mol. The number of hydrogen-bond acceptors (Lipinski definition) is 2. The Morgan fingerprint density at radius 2 is 2.12 bits per heavy atom. The van der Waals surface area contributed by atoms with Gasteiger partial charge in [0.05, 0.1) is 13.0 Å². The van der Waals surface area contributed by atoms with Gasteiger partial charge in [0.15, 0.2) is 5.78 Å². The molecule has 0 saturated heterocycles. The second-order valence-electron chi connectivity index (χ2n) is 3.96. The topological polar surface area (TPSA) is 26.3 Å². The normalized spacial score (nSPS) is 14.3. The molecule has 0 aromatic heterocycles. The Morgan fingerprint density at radius 3 is 2.82 bits per heavy atom. The zero-order chi connectivity index (χ0) is 12.5. The van der Waals surface area contributed by atoms with Crippen LogP contribution in [0.3, 0.4) is 0 Å². The smallest absolute Gasteiger partial charge is 0.389 e. The van der Waals surface area contributed by atoms with Crippen LogP contribution in [0.25, 0.3) is 0 Å². The summed E-state index contributed by atoms with van der Waals surface area (Å²) in [6.45, 7) is 0.565. The molecule has 17 heavy (non-hydrogen) atoms. The Morgan fingerprint density at radius 1 is 1.35 bits per heavy atom. The Hall–Kier alpha value is -1.52. The van der Waals surface area contributed by atoms with Gasteiger partial charge in [-0.2, -0.15) is 13.2 Å². The molecule has 0 N–H and O–H groups in total. The highest BCUT2D eigenvalue weighted by molar-refractivity contribution is 5.96. The van der Waals surface area contributed by atoms with Crippen molar-refractivity contribution in [1.29, 1.82) is 0 Å². The fourth-order valence-electron chi connectivity index (χ4n) is 1.76. The molecule has 0 aliphatic carbocycles. The maximum Gasteiger partial charge on any atom is 0.389 e. The van der Waals surface area contributed by atoms with Crippen molar-refractivity contribution >= 4 is 5.78 Å². The summed E-state index contributed by atoms with van der Waals surface area (Å²) in [4.78, 5) is 11.6. The molecular formula is C12H11F3O2. The molecule has 1 aromatic carbocycles. The molecule has 0 fully saturated rings. The van der Waals surface area contributed by atoms with Crippen molar-refractivity contribution in [3.05, 3.63) is 29.3 Å². The van der Waals surface area contributed by atoms with E-state index in [1.807, 2.05) is 0 Å². The summed E-state index contributed by atoms with van der Waals surface area (Å²) in [7, 11) is 0. The van der Waals surface area contributed by atoms with Crippen molar-refractivity contribution < 1.29 is 22.7 Å². The molecule has 1 aliphatic rings. The van der Waals surface area contributed by atoms with Crippen molar-refractivity contribution in [2.75, 3.05) is 6.61 Å². The third-order valence-electron chi connectivity index (χ3n) is 2.65. The highest BCUT2D eigenvalue weighted by Crippen LogP contribution is 2.27. The van der Waals surface area contributed by atoms with Gasteiger partial charge in [0.1, 0.15) is 5.75 Å². The molecule has 0 radical (unpaired) electrons. The number of ether oxygens (including phenoxy) is 1. The summed E-state index contributed by atoms with van der Waals surface area (Å²) in [5.41, 5.74) is 1.22. The van der Waals surface area contributed by atoms with Crippen LogP contribution in [0.1, 0.15) is 28.8 Å². The van der Waals surface area contributed by atoms with E-state index >= 15 is 0 Å². The lowest BCUT2D eigenvalue weighted by molar-refractivity contribution is -0.133. The molecule has 0 atom stereocenters. The van der Waals surface area contributed by atoms with Crippen molar-refractivity contribution in [3.8, 4) is 5.75 Å². The molecule has 1 heterocycles. The number of alkyl halides is 3. The molecule has 0 bridgehead atoms. The van der Waals surface area contributed by atoms with Gasteiger partial charge in [-0.15, -0.1) is 0 Å². The maximum atomic E-state index is 12.0. The summed E-state index contributed by atoms with van der Waals surface area (Å²) >= 11 is 0. The standard InChI is InChI=1S/C12H11F3O2/c13-12(14,15)5-3-10(16)8-1-2-11-9(7-8)4-6-17-11/h1-2,7H,3-6H2. The first kappa shape index (κ1) is 12.0. The van der Waals surface area contributed by atoms with Crippen molar-refractivity contribution in [1.82, 2.24) is 0 Å². The molecular weight excluding hydrogens is 233 g/mol. The van der Waals surface area contributed by atoms with E-state index in [0.29, 0.717) is 18.6 Å². The molecule has 0 spiro atoms. The molecule has 1 aliphatic heterocycles. The minimum absolute atomic E-state index is 0.332. The first-order valence-electron chi connectivity index (χ1n) is 5.31. The number of benzene rings is 1. The highest BCUT2D eigenvalue weighted by Gasteiger charge is 2.28. The molecule has 0 saturated carbocycles. The van der Waals surface area contributed by atoms with Crippen LogP contribution in [-0.2, 0) is 6.42 Å². The van der Waals surface area contributed by atoms with Crippen LogP contribution in [0, 0.1) is 0 Å². The van der Waals surface area contributed by atoms with E-state index in [1.165, 1.54) is 6.07 Å². The van der Waals surface area contributed by atoms with Crippen LogP contribution in [0.2, 0.25) is 0 Å². The number of rotatable bonds is 3. The molecule has 0 amide bonds. The summed E-state index contributed by atoms with van der Waals surface area (Å²) in [5.74, 6) is 0.245. The molecule has 0 unspecified atom stereocenters. The Bertz CT molecular complexity index is 438. The lowest BCUT2D eigenvalue weighted by atomic mass is 10.0. The van der Waals surface area contributed by atoms with E-state index in [4.69, 9.17) is 4.74 Å². The second-order valence-corrected chi connectivity index (χ2v) is 3.96. The summed E-state index contributed by atoms with van der Waals surface area (Å²) in [5, 5.41) is 0. The van der Waals surface area contributed by atoms with Crippen LogP contribution in [-0.4, -0.2) is 18.6 Å². The maximum absolute atomic E-state index is 12.0. The van der Waals surface area contributed by atoms with Gasteiger partial charge >= 0.3 is 6.18 Å². The van der Waals surface area contributed by atoms with Gasteiger partial charge in [-0.3, -0.25) is 4.79 Å². The lowest BCUT2D eigenvalue weighted by Gasteiger charge is -2.06. The van der Waals surface area contributed by atoms with E-state index in [0.717, 1.165) is 11.3 Å². The largest absolute Gasteiger partial charge is 0.493 e. The van der Waals surface area contributed by atoms with Gasteiger partial charge in [0, 0.05) is 18.4 Å². The zero-order valence-electron chi connectivity index (χ0n) is 9.01. The van der Waals surface area contributed by atoms with Crippen LogP contribution in [0.4, 0.5) is 13.2 Å². The van der Waals surface area contributed by atoms with Gasteiger partial charge in [-0.1, -0.05) is 0 Å². The minimum Gasteiger partial charge on any atom is -0.493 e. The summed E-state index contributed by atoms with van der Waals surface area (Å²) in [6.07, 6.45) is -5.15. The van der Waals surface area contributed by atoms with E-state index in [2.05, 4.69) is 0 Å². The molecule has 2 rings (SSSR count). The number of halogens is 3. The van der Waals surface area contributed by atoms with Crippen molar-refractivity contribution in [2.45, 2.75) is 25.4 Å². The molecule has 2 nitrogen and oxygen atoms in total. The molecule has 92 valence electrons. The number of carbonyl (C=O) groups is 1. The minimum atomic E-state index is -4.28. The second kappa shape index (κ2) is 4.39. The fraction of sp³-hybridized carbons (Fsp3) is 0.417. The Kier molecular flexibility index (Phi) is 3.09. The first-order chi connectivity index (χ1) is 7.96. The SMILES string of the molecule is O=C(CCC(F)(F)F)c1ccc2c(c1)CCO2. The Balaban J connectivity index is 2.05. The van der Waals surface area contributed by atoms with E-state index in [9.17, 15) is 18.0 Å². The van der Waals surface area contributed by atoms with Crippen LogP contribution < -0.4 is 4.74 Å². The monoisotopic (exact) mass is 244 g/mol. The number of hydrogen-bond donors (Lipinski definition) is 0. The summed E-state index contributed by atoms with van der Waals surface area (Å²) in [6, 6.07) is 4.78. The van der Waals surface area contributed by atoms with Gasteiger partial charge in [-0.05, 0) is 23.8 Å². The van der Waals surface area contributed by atoms with E-state index < -0.39 is 24.8 Å². The van der Waals surface area contributed by atoms with Gasteiger partial charge in [0.25, 0.3) is 0 Å². The first-order valence-corrected chi connectivity index (χ1v) is 5.31. The predicted octanol–water partition coefficient (Wildman–Crippen LogP) is 3.15. The third kappa shape index (κ3) is 2.99. The summed E-state index contributed by atoms with van der Waals surface area (Å²) < 4.78 is 41.2.